The van der Waals surface area contributed by atoms with Crippen LogP contribution in [0.2, 0.25) is 0 Å². The first-order valence-corrected chi connectivity index (χ1v) is 8.76. The van der Waals surface area contributed by atoms with Gasteiger partial charge in [0.25, 0.3) is 0 Å². The zero-order valence-electron chi connectivity index (χ0n) is 15.3. The second kappa shape index (κ2) is 7.16. The summed E-state index contributed by atoms with van der Waals surface area (Å²) >= 11 is 0. The molecule has 8 heteroatoms. The van der Waals surface area contributed by atoms with Gasteiger partial charge in [-0.15, -0.1) is 0 Å². The summed E-state index contributed by atoms with van der Waals surface area (Å²) in [5, 5.41) is 14.3. The van der Waals surface area contributed by atoms with Crippen molar-refractivity contribution >= 4 is 17.5 Å². The SMILES string of the molecule is CCc1noc(C)c1NC(=O)NC1CCCN(c2cc(C)nn2C)C1. The summed E-state index contributed by atoms with van der Waals surface area (Å²) < 4.78 is 7.05. The zero-order chi connectivity index (χ0) is 18.0. The number of urea groups is 1. The average Bonchev–Trinajstić information content (AvgIpc) is 3.10. The standard InChI is InChI=1S/C17H26N6O2/c1-5-14-16(12(3)25-21-14)19-17(24)18-13-7-6-8-23(10-13)15-9-11(2)20-22(15)4/h9,13H,5-8,10H2,1-4H3,(H2,18,19,24). The highest BCUT2D eigenvalue weighted by atomic mass is 16.5. The second-order valence-corrected chi connectivity index (χ2v) is 6.57. The molecule has 0 aromatic carbocycles. The topological polar surface area (TPSA) is 88.2 Å². The lowest BCUT2D eigenvalue weighted by Crippen LogP contribution is -2.49. The molecule has 1 aliphatic rings. The maximum Gasteiger partial charge on any atom is 0.319 e. The fourth-order valence-electron chi connectivity index (χ4n) is 3.35. The highest BCUT2D eigenvalue weighted by Gasteiger charge is 2.24. The molecule has 25 heavy (non-hydrogen) atoms. The van der Waals surface area contributed by atoms with E-state index in [4.69, 9.17) is 4.52 Å². The van der Waals surface area contributed by atoms with Gasteiger partial charge < -0.3 is 20.1 Å². The van der Waals surface area contributed by atoms with Crippen LogP contribution in [0.15, 0.2) is 10.6 Å². The second-order valence-electron chi connectivity index (χ2n) is 6.57. The van der Waals surface area contributed by atoms with Gasteiger partial charge in [0.05, 0.1) is 5.69 Å². The Morgan fingerprint density at radius 2 is 2.24 bits per heavy atom. The molecule has 0 spiro atoms. The minimum atomic E-state index is -0.214. The van der Waals surface area contributed by atoms with Crippen molar-refractivity contribution in [2.45, 2.75) is 46.1 Å². The van der Waals surface area contributed by atoms with Crippen LogP contribution in [0.25, 0.3) is 0 Å². The van der Waals surface area contributed by atoms with Crippen molar-refractivity contribution in [1.82, 2.24) is 20.3 Å². The van der Waals surface area contributed by atoms with Crippen molar-refractivity contribution in [3.8, 4) is 0 Å². The van der Waals surface area contributed by atoms with Crippen molar-refractivity contribution in [2.24, 2.45) is 7.05 Å². The number of anilines is 2. The molecule has 2 amide bonds. The minimum absolute atomic E-state index is 0.0919. The van der Waals surface area contributed by atoms with Crippen molar-refractivity contribution in [3.63, 3.8) is 0 Å². The monoisotopic (exact) mass is 346 g/mol. The molecule has 0 aliphatic carbocycles. The molecule has 2 aromatic heterocycles. The van der Waals surface area contributed by atoms with Gasteiger partial charge in [0.2, 0.25) is 0 Å². The highest BCUT2D eigenvalue weighted by molar-refractivity contribution is 5.90. The van der Waals surface area contributed by atoms with Crippen molar-refractivity contribution in [3.05, 3.63) is 23.2 Å². The maximum atomic E-state index is 12.4. The lowest BCUT2D eigenvalue weighted by Gasteiger charge is -2.34. The molecule has 3 heterocycles. The number of carbonyl (C=O) groups excluding carboxylic acids is 1. The Kier molecular flexibility index (Phi) is 4.96. The van der Waals surface area contributed by atoms with Gasteiger partial charge in [-0.25, -0.2) is 4.79 Å². The van der Waals surface area contributed by atoms with Gasteiger partial charge in [-0.05, 0) is 33.1 Å². The Hall–Kier alpha value is -2.51. The molecule has 1 aliphatic heterocycles. The number of aryl methyl sites for hydroxylation is 4. The summed E-state index contributed by atoms with van der Waals surface area (Å²) in [6, 6.07) is 1.96. The summed E-state index contributed by atoms with van der Waals surface area (Å²) in [6.07, 6.45) is 2.70. The lowest BCUT2D eigenvalue weighted by atomic mass is 10.1. The molecule has 136 valence electrons. The molecule has 0 bridgehead atoms. The van der Waals surface area contributed by atoms with E-state index >= 15 is 0 Å². The van der Waals surface area contributed by atoms with Crippen LogP contribution in [-0.2, 0) is 13.5 Å². The summed E-state index contributed by atoms with van der Waals surface area (Å²) in [4.78, 5) is 14.7. The van der Waals surface area contributed by atoms with Crippen LogP contribution in [0, 0.1) is 13.8 Å². The minimum Gasteiger partial charge on any atom is -0.359 e. The van der Waals surface area contributed by atoms with E-state index in [1.807, 2.05) is 25.6 Å². The smallest absolute Gasteiger partial charge is 0.319 e. The van der Waals surface area contributed by atoms with Crippen LogP contribution < -0.4 is 15.5 Å². The molecule has 1 unspecified atom stereocenters. The Balaban J connectivity index is 1.61. The maximum absolute atomic E-state index is 12.4. The summed E-state index contributed by atoms with van der Waals surface area (Å²) in [6.45, 7) is 7.52. The van der Waals surface area contributed by atoms with E-state index in [1.54, 1.807) is 6.92 Å². The van der Waals surface area contributed by atoms with Crippen molar-refractivity contribution in [2.75, 3.05) is 23.3 Å². The van der Waals surface area contributed by atoms with Crippen LogP contribution in [-0.4, -0.2) is 40.1 Å². The van der Waals surface area contributed by atoms with E-state index in [1.165, 1.54) is 0 Å². The number of piperidine rings is 1. The van der Waals surface area contributed by atoms with E-state index in [9.17, 15) is 4.79 Å². The third-order valence-electron chi connectivity index (χ3n) is 4.56. The Labute approximate surface area is 147 Å². The average molecular weight is 346 g/mol. The van der Waals surface area contributed by atoms with Gasteiger partial charge >= 0.3 is 6.03 Å². The molecule has 0 radical (unpaired) electrons. The van der Waals surface area contributed by atoms with Crippen molar-refractivity contribution < 1.29 is 9.32 Å². The number of nitrogens with one attached hydrogen (secondary N) is 2. The molecular weight excluding hydrogens is 320 g/mol. The number of carbonyl (C=O) groups is 1. The first-order valence-electron chi connectivity index (χ1n) is 8.76. The molecule has 0 saturated carbocycles. The first kappa shape index (κ1) is 17.3. The van der Waals surface area contributed by atoms with Crippen LogP contribution in [0.5, 0.6) is 0 Å². The third kappa shape index (κ3) is 3.78. The van der Waals surface area contributed by atoms with E-state index in [0.29, 0.717) is 17.9 Å². The number of aromatic nitrogens is 3. The van der Waals surface area contributed by atoms with E-state index < -0.39 is 0 Å². The predicted molar refractivity (Wildman–Crippen MR) is 96.0 cm³/mol. The lowest BCUT2D eigenvalue weighted by molar-refractivity contribution is 0.246. The molecule has 2 N–H and O–H groups in total. The number of rotatable bonds is 4. The molecule has 1 fully saturated rings. The van der Waals surface area contributed by atoms with Gasteiger partial charge in [0.1, 0.15) is 17.2 Å². The Bertz CT molecular complexity index is 750. The molecule has 8 nitrogen and oxygen atoms in total. The van der Waals surface area contributed by atoms with E-state index in [2.05, 4.69) is 31.9 Å². The number of amides is 2. The van der Waals surface area contributed by atoms with Crippen LogP contribution in [0.3, 0.4) is 0 Å². The summed E-state index contributed by atoms with van der Waals surface area (Å²) in [7, 11) is 1.95. The fourth-order valence-corrected chi connectivity index (χ4v) is 3.35. The molecular formula is C17H26N6O2. The predicted octanol–water partition coefficient (Wildman–Crippen LogP) is 2.38. The van der Waals surface area contributed by atoms with Gasteiger partial charge in [0, 0.05) is 32.2 Å². The van der Waals surface area contributed by atoms with Gasteiger partial charge in [0.15, 0.2) is 5.76 Å². The van der Waals surface area contributed by atoms with E-state index in [-0.39, 0.29) is 12.1 Å². The van der Waals surface area contributed by atoms with Gasteiger partial charge in [-0.1, -0.05) is 12.1 Å². The molecule has 1 saturated heterocycles. The van der Waals surface area contributed by atoms with Crippen LogP contribution in [0.1, 0.15) is 36.9 Å². The quantitative estimate of drug-likeness (QED) is 0.887. The fraction of sp³-hybridized carbons (Fsp3) is 0.588. The van der Waals surface area contributed by atoms with Crippen LogP contribution >= 0.6 is 0 Å². The number of nitrogens with zero attached hydrogens (tertiary/aromatic N) is 4. The third-order valence-corrected chi connectivity index (χ3v) is 4.56. The normalized spacial score (nSPS) is 17.6. The molecule has 2 aromatic rings. The summed E-state index contributed by atoms with van der Waals surface area (Å²) in [5.41, 5.74) is 2.44. The van der Waals surface area contributed by atoms with E-state index in [0.717, 1.165) is 43.1 Å². The van der Waals surface area contributed by atoms with Crippen molar-refractivity contribution in [1.29, 1.82) is 0 Å². The summed E-state index contributed by atoms with van der Waals surface area (Å²) in [5.74, 6) is 1.72. The molecule has 1 atom stereocenters. The zero-order valence-corrected chi connectivity index (χ0v) is 15.3. The Morgan fingerprint density at radius 1 is 1.44 bits per heavy atom. The van der Waals surface area contributed by atoms with Gasteiger partial charge in [-0.3, -0.25) is 4.68 Å². The number of hydrogen-bond acceptors (Lipinski definition) is 5. The first-order chi connectivity index (χ1) is 12.0. The largest absolute Gasteiger partial charge is 0.359 e. The van der Waals surface area contributed by atoms with Crippen LogP contribution in [0.4, 0.5) is 16.3 Å². The Morgan fingerprint density at radius 3 is 2.92 bits per heavy atom. The van der Waals surface area contributed by atoms with Gasteiger partial charge in [-0.2, -0.15) is 5.10 Å². The number of hydrogen-bond donors (Lipinski definition) is 2. The highest BCUT2D eigenvalue weighted by Crippen LogP contribution is 2.22. The molecule has 3 rings (SSSR count).